The third kappa shape index (κ3) is 2.11. The van der Waals surface area contributed by atoms with Crippen LogP contribution in [0.3, 0.4) is 0 Å². The van der Waals surface area contributed by atoms with Crippen molar-refractivity contribution < 1.29 is 4.79 Å². The summed E-state index contributed by atoms with van der Waals surface area (Å²) in [5.41, 5.74) is 1.78. The first-order chi connectivity index (χ1) is 9.34. The van der Waals surface area contributed by atoms with Gasteiger partial charge in [-0.25, -0.2) is 9.78 Å². The minimum Gasteiger partial charge on any atom is -0.306 e. The average Bonchev–Trinajstić information content (AvgIpc) is 3.11. The second-order valence-electron chi connectivity index (χ2n) is 4.96. The standard InChI is InChI=1S/C15H15N3O/c19-12-17-15(6-1-2-7-15)13-4-3-5-14(10-13)18-9-8-16-11-18/h3-5,8-11H,1-2,6-7H2. The Kier molecular flexibility index (Phi) is 3.02. The molecule has 1 aliphatic rings. The Morgan fingerprint density at radius 3 is 2.84 bits per heavy atom. The molecule has 1 aromatic heterocycles. The minimum absolute atomic E-state index is 0.363. The maximum absolute atomic E-state index is 10.7. The van der Waals surface area contributed by atoms with Crippen LogP contribution in [0.4, 0.5) is 0 Å². The van der Waals surface area contributed by atoms with Gasteiger partial charge in [0.15, 0.2) is 0 Å². The smallest absolute Gasteiger partial charge is 0.235 e. The minimum atomic E-state index is -0.363. The highest BCUT2D eigenvalue weighted by Gasteiger charge is 2.35. The molecule has 19 heavy (non-hydrogen) atoms. The van der Waals surface area contributed by atoms with Crippen LogP contribution >= 0.6 is 0 Å². The molecule has 0 aliphatic heterocycles. The molecule has 0 unspecified atom stereocenters. The van der Waals surface area contributed by atoms with E-state index < -0.39 is 0 Å². The Balaban J connectivity index is 2.05. The predicted octanol–water partition coefficient (Wildman–Crippen LogP) is 2.98. The number of imidazole rings is 1. The van der Waals surface area contributed by atoms with E-state index in [2.05, 4.69) is 16.0 Å². The zero-order valence-corrected chi connectivity index (χ0v) is 10.6. The molecule has 96 valence electrons. The van der Waals surface area contributed by atoms with Gasteiger partial charge in [-0.3, -0.25) is 0 Å². The van der Waals surface area contributed by atoms with Crippen LogP contribution in [0.5, 0.6) is 0 Å². The maximum atomic E-state index is 10.7. The fourth-order valence-corrected chi connectivity index (χ4v) is 2.88. The molecular formula is C15H15N3O. The molecule has 0 atom stereocenters. The summed E-state index contributed by atoms with van der Waals surface area (Å²) in [6.45, 7) is 0. The molecule has 1 fully saturated rings. The molecule has 1 saturated carbocycles. The first-order valence-electron chi connectivity index (χ1n) is 6.52. The highest BCUT2D eigenvalue weighted by molar-refractivity contribution is 5.43. The number of rotatable bonds is 3. The third-order valence-electron chi connectivity index (χ3n) is 3.88. The van der Waals surface area contributed by atoms with Gasteiger partial charge < -0.3 is 4.57 Å². The van der Waals surface area contributed by atoms with Crippen LogP contribution in [0.2, 0.25) is 0 Å². The van der Waals surface area contributed by atoms with Gasteiger partial charge in [0.25, 0.3) is 0 Å². The van der Waals surface area contributed by atoms with Gasteiger partial charge in [-0.15, -0.1) is 0 Å². The van der Waals surface area contributed by atoms with Gasteiger partial charge in [-0.05, 0) is 30.5 Å². The van der Waals surface area contributed by atoms with Gasteiger partial charge in [0.05, 0.1) is 11.9 Å². The number of aliphatic imine (C=N–C) groups is 1. The topological polar surface area (TPSA) is 47.2 Å². The summed E-state index contributed by atoms with van der Waals surface area (Å²) in [4.78, 5) is 18.9. The highest BCUT2D eigenvalue weighted by Crippen LogP contribution is 2.42. The third-order valence-corrected chi connectivity index (χ3v) is 3.88. The number of hydrogen-bond donors (Lipinski definition) is 0. The molecule has 3 rings (SSSR count). The van der Waals surface area contributed by atoms with Crippen molar-refractivity contribution in [3.63, 3.8) is 0 Å². The Labute approximate surface area is 111 Å². The monoisotopic (exact) mass is 253 g/mol. The Morgan fingerprint density at radius 2 is 2.16 bits per heavy atom. The van der Waals surface area contributed by atoms with Crippen LogP contribution in [0, 0.1) is 0 Å². The lowest BCUT2D eigenvalue weighted by molar-refractivity contribution is 0.456. The lowest BCUT2D eigenvalue weighted by Gasteiger charge is -2.23. The Bertz CT molecular complexity index is 606. The normalized spacial score (nSPS) is 17.1. The summed E-state index contributed by atoms with van der Waals surface area (Å²) in [5, 5.41) is 0. The second kappa shape index (κ2) is 4.82. The molecule has 2 aromatic rings. The van der Waals surface area contributed by atoms with Gasteiger partial charge in [0.1, 0.15) is 0 Å². The molecule has 1 aromatic carbocycles. The summed E-state index contributed by atoms with van der Waals surface area (Å²) in [7, 11) is 0. The van der Waals surface area contributed by atoms with E-state index in [0.29, 0.717) is 0 Å². The van der Waals surface area contributed by atoms with Crippen LogP contribution in [-0.2, 0) is 10.3 Å². The van der Waals surface area contributed by atoms with E-state index in [1.165, 1.54) is 0 Å². The fraction of sp³-hybridized carbons (Fsp3) is 0.333. The summed E-state index contributed by atoms with van der Waals surface area (Å²) < 4.78 is 1.96. The van der Waals surface area contributed by atoms with Crippen molar-refractivity contribution in [2.75, 3.05) is 0 Å². The highest BCUT2D eigenvalue weighted by atomic mass is 16.1. The number of hydrogen-bond acceptors (Lipinski definition) is 3. The van der Waals surface area contributed by atoms with Crippen molar-refractivity contribution in [1.29, 1.82) is 0 Å². The quantitative estimate of drug-likeness (QED) is 0.623. The second-order valence-corrected chi connectivity index (χ2v) is 4.96. The zero-order valence-electron chi connectivity index (χ0n) is 10.6. The first kappa shape index (κ1) is 11.9. The molecule has 0 amide bonds. The van der Waals surface area contributed by atoms with Gasteiger partial charge in [0.2, 0.25) is 6.08 Å². The molecule has 0 saturated heterocycles. The van der Waals surface area contributed by atoms with Gasteiger partial charge in [-0.2, -0.15) is 4.99 Å². The van der Waals surface area contributed by atoms with E-state index in [1.807, 2.05) is 29.0 Å². The van der Waals surface area contributed by atoms with Crippen LogP contribution in [0.1, 0.15) is 31.2 Å². The lowest BCUT2D eigenvalue weighted by atomic mass is 9.88. The van der Waals surface area contributed by atoms with Crippen LogP contribution in [-0.4, -0.2) is 15.6 Å². The number of isocyanates is 1. The van der Waals surface area contributed by atoms with Crippen LogP contribution in [0.15, 0.2) is 48.0 Å². The molecule has 0 N–H and O–H groups in total. The predicted molar refractivity (Wildman–Crippen MR) is 71.8 cm³/mol. The van der Waals surface area contributed by atoms with E-state index in [9.17, 15) is 4.79 Å². The van der Waals surface area contributed by atoms with Gasteiger partial charge in [-0.1, -0.05) is 25.0 Å². The van der Waals surface area contributed by atoms with Crippen molar-refractivity contribution in [1.82, 2.24) is 9.55 Å². The Morgan fingerprint density at radius 1 is 1.32 bits per heavy atom. The summed E-state index contributed by atoms with van der Waals surface area (Å²) in [6, 6.07) is 8.17. The zero-order chi connectivity index (χ0) is 13.1. The van der Waals surface area contributed by atoms with Crippen molar-refractivity contribution in [3.8, 4) is 5.69 Å². The lowest BCUT2D eigenvalue weighted by Crippen LogP contribution is -2.19. The summed E-state index contributed by atoms with van der Waals surface area (Å²) in [5.74, 6) is 0. The van der Waals surface area contributed by atoms with E-state index in [4.69, 9.17) is 0 Å². The first-order valence-corrected chi connectivity index (χ1v) is 6.52. The van der Waals surface area contributed by atoms with Gasteiger partial charge in [0, 0.05) is 18.1 Å². The van der Waals surface area contributed by atoms with Gasteiger partial charge >= 0.3 is 0 Å². The van der Waals surface area contributed by atoms with Crippen molar-refractivity contribution in [2.45, 2.75) is 31.2 Å². The summed E-state index contributed by atoms with van der Waals surface area (Å²) >= 11 is 0. The maximum Gasteiger partial charge on any atom is 0.235 e. The fourth-order valence-electron chi connectivity index (χ4n) is 2.88. The molecule has 0 spiro atoms. The number of aromatic nitrogens is 2. The Hall–Kier alpha value is -2.19. The number of nitrogens with zero attached hydrogens (tertiary/aromatic N) is 3. The van der Waals surface area contributed by atoms with E-state index in [-0.39, 0.29) is 5.54 Å². The van der Waals surface area contributed by atoms with E-state index in [0.717, 1.165) is 36.9 Å². The van der Waals surface area contributed by atoms with Crippen LogP contribution in [0.25, 0.3) is 5.69 Å². The largest absolute Gasteiger partial charge is 0.306 e. The SMILES string of the molecule is O=C=NC1(c2cccc(-n3ccnc3)c2)CCCC1. The average molecular weight is 253 g/mol. The molecule has 1 aliphatic carbocycles. The van der Waals surface area contributed by atoms with Crippen molar-refractivity contribution >= 4 is 6.08 Å². The van der Waals surface area contributed by atoms with E-state index >= 15 is 0 Å². The molecule has 4 nitrogen and oxygen atoms in total. The van der Waals surface area contributed by atoms with Crippen LogP contribution < -0.4 is 0 Å². The molecule has 0 radical (unpaired) electrons. The van der Waals surface area contributed by atoms with Crippen molar-refractivity contribution in [3.05, 3.63) is 48.5 Å². The van der Waals surface area contributed by atoms with E-state index in [1.54, 1.807) is 18.6 Å². The molecule has 4 heteroatoms. The van der Waals surface area contributed by atoms with Crippen molar-refractivity contribution in [2.24, 2.45) is 4.99 Å². The molecular weight excluding hydrogens is 238 g/mol. The number of benzene rings is 1. The molecule has 0 bridgehead atoms. The number of carbonyl (C=O) groups excluding carboxylic acids is 1. The summed E-state index contributed by atoms with van der Waals surface area (Å²) in [6.07, 6.45) is 11.3. The molecule has 1 heterocycles.